The van der Waals surface area contributed by atoms with Crippen molar-refractivity contribution in [3.8, 4) is 11.5 Å². The molecule has 130 valence electrons. The Hall–Kier alpha value is -3.06. The van der Waals surface area contributed by atoms with Crippen molar-refractivity contribution >= 4 is 38.4 Å². The number of hydrogen-bond donors (Lipinski definition) is 0. The van der Waals surface area contributed by atoms with Crippen LogP contribution in [0.2, 0.25) is 0 Å². The van der Waals surface area contributed by atoms with E-state index >= 15 is 0 Å². The topological polar surface area (TPSA) is 66.0 Å². The molecule has 6 nitrogen and oxygen atoms in total. The lowest BCUT2D eigenvalue weighted by Crippen LogP contribution is -2.15. The molecule has 0 radical (unpaired) electrons. The highest BCUT2D eigenvalue weighted by Crippen LogP contribution is 2.37. The zero-order chi connectivity index (χ0) is 17.7. The van der Waals surface area contributed by atoms with Crippen molar-refractivity contribution in [1.82, 2.24) is 4.57 Å². The molecule has 5 rings (SSSR count). The Morgan fingerprint density at radius 1 is 1.19 bits per heavy atom. The summed E-state index contributed by atoms with van der Waals surface area (Å²) in [7, 11) is 0. The summed E-state index contributed by atoms with van der Waals surface area (Å²) >= 11 is 1.44. The van der Waals surface area contributed by atoms with Crippen LogP contribution >= 0.6 is 11.3 Å². The van der Waals surface area contributed by atoms with Crippen LogP contribution in [0.5, 0.6) is 11.5 Å². The number of furan rings is 1. The Morgan fingerprint density at radius 3 is 2.81 bits per heavy atom. The van der Waals surface area contributed by atoms with Crippen molar-refractivity contribution in [3.63, 3.8) is 0 Å². The fourth-order valence-corrected chi connectivity index (χ4v) is 4.18. The number of carbonyl (C=O) groups is 1. The molecule has 1 aliphatic heterocycles. The molecule has 0 atom stereocenters. The van der Waals surface area contributed by atoms with E-state index in [0.717, 1.165) is 21.4 Å². The fraction of sp³-hybridized carbons (Fsp3) is 0.158. The summed E-state index contributed by atoms with van der Waals surface area (Å²) in [4.78, 5) is 17.5. The van der Waals surface area contributed by atoms with Crippen molar-refractivity contribution in [2.45, 2.75) is 13.5 Å². The minimum absolute atomic E-state index is 0.237. The molecule has 1 amide bonds. The van der Waals surface area contributed by atoms with Crippen LogP contribution in [0, 0.1) is 0 Å². The predicted octanol–water partition coefficient (Wildman–Crippen LogP) is 3.94. The zero-order valence-electron chi connectivity index (χ0n) is 13.9. The molecule has 0 saturated heterocycles. The molecule has 26 heavy (non-hydrogen) atoms. The van der Waals surface area contributed by atoms with Gasteiger partial charge in [0.25, 0.3) is 0 Å². The number of aryl methyl sites for hydroxylation is 1. The van der Waals surface area contributed by atoms with Gasteiger partial charge in [-0.1, -0.05) is 29.5 Å². The zero-order valence-corrected chi connectivity index (χ0v) is 14.7. The van der Waals surface area contributed by atoms with Crippen molar-refractivity contribution in [1.29, 1.82) is 0 Å². The highest BCUT2D eigenvalue weighted by atomic mass is 32.1. The van der Waals surface area contributed by atoms with Gasteiger partial charge in [0.15, 0.2) is 22.1 Å². The van der Waals surface area contributed by atoms with E-state index in [1.54, 1.807) is 6.07 Å². The van der Waals surface area contributed by atoms with Crippen molar-refractivity contribution in [3.05, 3.63) is 53.0 Å². The summed E-state index contributed by atoms with van der Waals surface area (Å²) in [5, 5.41) is 0.886. The fourth-order valence-electron chi connectivity index (χ4n) is 3.08. The lowest BCUT2D eigenvalue weighted by Gasteiger charge is -2.01. The second kappa shape index (κ2) is 5.74. The maximum atomic E-state index is 12.6. The first-order valence-electron chi connectivity index (χ1n) is 8.23. The Balaban J connectivity index is 1.64. The first-order valence-corrected chi connectivity index (χ1v) is 9.05. The average molecular weight is 366 g/mol. The molecule has 2 aromatic carbocycles. The van der Waals surface area contributed by atoms with Crippen molar-refractivity contribution < 1.29 is 18.7 Å². The molecular formula is C19H14N2O4S. The second-order valence-electron chi connectivity index (χ2n) is 5.87. The Kier molecular flexibility index (Phi) is 3.36. The van der Waals surface area contributed by atoms with Gasteiger partial charge in [-0.05, 0) is 19.1 Å². The molecule has 0 N–H and O–H groups in total. The summed E-state index contributed by atoms with van der Waals surface area (Å²) in [6.45, 7) is 2.94. The van der Waals surface area contributed by atoms with Crippen LogP contribution in [0.25, 0.3) is 21.2 Å². The third kappa shape index (κ3) is 2.32. The van der Waals surface area contributed by atoms with Crippen molar-refractivity contribution in [2.24, 2.45) is 4.99 Å². The molecule has 7 heteroatoms. The Bertz CT molecular complexity index is 1200. The number of thiazole rings is 1. The molecule has 2 aromatic heterocycles. The number of amides is 1. The number of hydrogen-bond acceptors (Lipinski definition) is 5. The Morgan fingerprint density at radius 2 is 2.00 bits per heavy atom. The SMILES string of the molecule is CCn1c(=NC(=O)c2cc3ccccc3o2)sc2cc3c(cc21)OCO3. The number of nitrogens with zero attached hydrogens (tertiary/aromatic N) is 2. The van der Waals surface area contributed by atoms with E-state index in [-0.39, 0.29) is 12.6 Å². The molecule has 1 aliphatic rings. The number of rotatable bonds is 2. The molecule has 0 bridgehead atoms. The number of ether oxygens (including phenoxy) is 2. The lowest BCUT2D eigenvalue weighted by atomic mass is 10.2. The number of fused-ring (bicyclic) bond motifs is 3. The lowest BCUT2D eigenvalue weighted by molar-refractivity contribution is 0.0973. The van der Waals surface area contributed by atoms with Crippen LogP contribution in [0.3, 0.4) is 0 Å². The number of benzene rings is 2. The summed E-state index contributed by atoms with van der Waals surface area (Å²) in [5.41, 5.74) is 1.65. The number of para-hydroxylation sites is 1. The monoisotopic (exact) mass is 366 g/mol. The van der Waals surface area contributed by atoms with Gasteiger partial charge >= 0.3 is 5.91 Å². The van der Waals surface area contributed by atoms with Gasteiger partial charge in [-0.25, -0.2) is 0 Å². The van der Waals surface area contributed by atoms with Crippen LogP contribution < -0.4 is 14.3 Å². The summed E-state index contributed by atoms with van der Waals surface area (Å²) in [5.74, 6) is 1.28. The van der Waals surface area contributed by atoms with Crippen LogP contribution in [0.15, 0.2) is 51.9 Å². The number of carbonyl (C=O) groups excluding carboxylic acids is 1. The summed E-state index contributed by atoms with van der Waals surface area (Å²) in [6, 6.07) is 13.1. The highest BCUT2D eigenvalue weighted by Gasteiger charge is 2.18. The number of aromatic nitrogens is 1. The highest BCUT2D eigenvalue weighted by molar-refractivity contribution is 7.16. The van der Waals surface area contributed by atoms with E-state index in [1.807, 2.05) is 47.9 Å². The van der Waals surface area contributed by atoms with Gasteiger partial charge in [-0.15, -0.1) is 0 Å². The summed E-state index contributed by atoms with van der Waals surface area (Å²) < 4.78 is 19.5. The third-order valence-corrected chi connectivity index (χ3v) is 5.37. The maximum absolute atomic E-state index is 12.6. The van der Waals surface area contributed by atoms with Gasteiger partial charge in [-0.2, -0.15) is 4.99 Å². The molecular weight excluding hydrogens is 352 g/mol. The van der Waals surface area contributed by atoms with E-state index in [1.165, 1.54) is 11.3 Å². The van der Waals surface area contributed by atoms with E-state index in [9.17, 15) is 4.79 Å². The predicted molar refractivity (Wildman–Crippen MR) is 97.7 cm³/mol. The van der Waals surface area contributed by atoms with Gasteiger partial charge in [-0.3, -0.25) is 4.79 Å². The molecule has 0 saturated carbocycles. The minimum Gasteiger partial charge on any atom is -0.454 e. The normalized spacial score (nSPS) is 13.8. The molecule has 0 unspecified atom stereocenters. The van der Waals surface area contributed by atoms with Crippen LogP contribution in [0.1, 0.15) is 17.5 Å². The van der Waals surface area contributed by atoms with E-state index < -0.39 is 5.91 Å². The first-order chi connectivity index (χ1) is 12.7. The van der Waals surface area contributed by atoms with E-state index in [0.29, 0.717) is 22.7 Å². The van der Waals surface area contributed by atoms with Crippen molar-refractivity contribution in [2.75, 3.05) is 6.79 Å². The molecule has 0 aliphatic carbocycles. The Labute approximate surface area is 151 Å². The van der Waals surface area contributed by atoms with Crippen LogP contribution in [-0.2, 0) is 6.54 Å². The largest absolute Gasteiger partial charge is 0.454 e. The van der Waals surface area contributed by atoms with Gasteiger partial charge in [0.2, 0.25) is 6.79 Å². The third-order valence-electron chi connectivity index (χ3n) is 4.33. The maximum Gasteiger partial charge on any atom is 0.315 e. The first kappa shape index (κ1) is 15.2. The molecule has 0 fully saturated rings. The second-order valence-corrected chi connectivity index (χ2v) is 6.88. The minimum atomic E-state index is -0.394. The van der Waals surface area contributed by atoms with Gasteiger partial charge in [0.05, 0.1) is 10.2 Å². The molecule has 3 heterocycles. The van der Waals surface area contributed by atoms with Crippen LogP contribution in [-0.4, -0.2) is 17.3 Å². The van der Waals surface area contributed by atoms with Gasteiger partial charge in [0, 0.05) is 24.1 Å². The van der Waals surface area contributed by atoms with Crippen LogP contribution in [0.4, 0.5) is 0 Å². The average Bonchev–Trinajstić information content (AvgIpc) is 3.35. The summed E-state index contributed by atoms with van der Waals surface area (Å²) in [6.07, 6.45) is 0. The molecule has 0 spiro atoms. The van der Waals surface area contributed by atoms with E-state index in [2.05, 4.69) is 4.99 Å². The van der Waals surface area contributed by atoms with Gasteiger partial charge in [0.1, 0.15) is 5.58 Å². The quantitative estimate of drug-likeness (QED) is 0.539. The molecule has 4 aromatic rings. The smallest absolute Gasteiger partial charge is 0.315 e. The standard InChI is InChI=1S/C19H14N2O4S/c1-2-21-12-8-14-15(24-10-23-14)9-17(12)26-19(21)20-18(22)16-7-11-5-3-4-6-13(11)25-16/h3-9H,2,10H2,1H3. The van der Waals surface area contributed by atoms with Gasteiger partial charge < -0.3 is 18.5 Å². The van der Waals surface area contributed by atoms with E-state index in [4.69, 9.17) is 13.9 Å².